The molecule has 0 aromatic heterocycles. The van der Waals surface area contributed by atoms with Gasteiger partial charge in [-0.1, -0.05) is 109 Å². The van der Waals surface area contributed by atoms with E-state index in [9.17, 15) is 4.79 Å². The molecule has 0 fully saturated rings. The summed E-state index contributed by atoms with van der Waals surface area (Å²) in [6.07, 6.45) is 0. The Morgan fingerprint density at radius 2 is 1.33 bits per heavy atom. The van der Waals surface area contributed by atoms with Crippen LogP contribution in [0.15, 0.2) is 121 Å². The van der Waals surface area contributed by atoms with Crippen molar-refractivity contribution < 1.29 is 9.53 Å². The Labute approximate surface area is 214 Å². The first kappa shape index (κ1) is 24.0. The van der Waals surface area contributed by atoms with E-state index in [-0.39, 0.29) is 11.9 Å². The average molecular weight is 489 g/mol. The van der Waals surface area contributed by atoms with Gasteiger partial charge in [0.05, 0.1) is 12.5 Å². The van der Waals surface area contributed by atoms with Crippen LogP contribution in [0.2, 0.25) is 0 Å². The van der Waals surface area contributed by atoms with Crippen LogP contribution in [0.25, 0.3) is 21.9 Å². The van der Waals surface area contributed by atoms with Gasteiger partial charge in [-0.2, -0.15) is 0 Å². The predicted octanol–water partition coefficient (Wildman–Crippen LogP) is 6.93. The molecule has 36 heavy (non-hydrogen) atoms. The largest absolute Gasteiger partial charge is 0.466 e. The fourth-order valence-electron chi connectivity index (χ4n) is 4.74. The van der Waals surface area contributed by atoms with Crippen LogP contribution in [-0.2, 0) is 9.53 Å². The predicted molar refractivity (Wildman–Crippen MR) is 153 cm³/mol. The van der Waals surface area contributed by atoms with E-state index >= 15 is 0 Å². The van der Waals surface area contributed by atoms with E-state index in [4.69, 9.17) is 4.74 Å². The van der Waals surface area contributed by atoms with Crippen LogP contribution in [-0.4, -0.2) is 12.6 Å². The number of benzene rings is 5. The third kappa shape index (κ3) is 4.83. The van der Waals surface area contributed by atoms with Gasteiger partial charge >= 0.3 is 5.97 Å². The number of hydrogen-bond acceptors (Lipinski definition) is 2. The second-order valence-electron chi connectivity index (χ2n) is 8.78. The van der Waals surface area contributed by atoms with Crippen LogP contribution in [0.3, 0.4) is 0 Å². The molecule has 5 rings (SSSR count). The minimum Gasteiger partial charge on any atom is -0.466 e. The van der Waals surface area contributed by atoms with Gasteiger partial charge in [0, 0.05) is 0 Å². The smallest absolute Gasteiger partial charge is 0.313 e. The standard InChI is InChI=1S/C33H29O2P/c1-3-35-33(34)24(2)31-23-26(22-25-14-10-11-19-29(25)31)30-20-12-13-21-32(30)36(27-15-6-4-7-16-27)28-17-8-5-9-18-28/h4-24H,3H2,1-2H3. The van der Waals surface area contributed by atoms with Crippen LogP contribution in [0.5, 0.6) is 0 Å². The summed E-state index contributed by atoms with van der Waals surface area (Å²) in [5.74, 6) is -0.546. The quantitative estimate of drug-likeness (QED) is 0.183. The van der Waals surface area contributed by atoms with Gasteiger partial charge in [0.1, 0.15) is 0 Å². The molecule has 0 aliphatic rings. The zero-order valence-corrected chi connectivity index (χ0v) is 21.5. The summed E-state index contributed by atoms with van der Waals surface area (Å²) in [5.41, 5.74) is 3.31. The van der Waals surface area contributed by atoms with Crippen molar-refractivity contribution in [3.05, 3.63) is 127 Å². The highest BCUT2D eigenvalue weighted by atomic mass is 31.1. The lowest BCUT2D eigenvalue weighted by Crippen LogP contribution is -2.22. The minimum atomic E-state index is -0.768. The van der Waals surface area contributed by atoms with Gasteiger partial charge < -0.3 is 4.74 Å². The van der Waals surface area contributed by atoms with E-state index in [1.807, 2.05) is 19.9 Å². The highest BCUT2D eigenvalue weighted by molar-refractivity contribution is 7.80. The molecular weight excluding hydrogens is 459 g/mol. The molecular formula is C33H29O2P. The van der Waals surface area contributed by atoms with Crippen molar-refractivity contribution in [3.63, 3.8) is 0 Å². The summed E-state index contributed by atoms with van der Waals surface area (Å²) in [4.78, 5) is 12.8. The first-order chi connectivity index (χ1) is 17.7. The Bertz CT molecular complexity index is 1440. The number of carbonyl (C=O) groups excluding carboxylic acids is 1. The Balaban J connectivity index is 1.72. The molecule has 0 heterocycles. The van der Waals surface area contributed by atoms with E-state index in [0.717, 1.165) is 21.9 Å². The fraction of sp³-hybridized carbons (Fsp3) is 0.121. The molecule has 1 unspecified atom stereocenters. The third-order valence-electron chi connectivity index (χ3n) is 6.49. The fourth-order valence-corrected chi connectivity index (χ4v) is 7.22. The molecule has 1 atom stereocenters. The van der Waals surface area contributed by atoms with Crippen LogP contribution in [0.1, 0.15) is 25.3 Å². The SMILES string of the molecule is CCOC(=O)C(C)c1cc(-c2ccccc2P(c2ccccc2)c2ccccc2)cc2ccccc12. The van der Waals surface area contributed by atoms with Gasteiger partial charge in [-0.25, -0.2) is 0 Å². The lowest BCUT2D eigenvalue weighted by molar-refractivity contribution is -0.144. The molecule has 0 saturated carbocycles. The maximum atomic E-state index is 12.8. The van der Waals surface area contributed by atoms with Crippen LogP contribution >= 0.6 is 7.92 Å². The molecule has 3 heteroatoms. The lowest BCUT2D eigenvalue weighted by atomic mass is 9.90. The van der Waals surface area contributed by atoms with Crippen molar-refractivity contribution in [3.8, 4) is 11.1 Å². The van der Waals surface area contributed by atoms with Crippen molar-refractivity contribution >= 4 is 40.6 Å². The number of hydrogen-bond donors (Lipinski definition) is 0. The Morgan fingerprint density at radius 1 is 0.750 bits per heavy atom. The third-order valence-corrected chi connectivity index (χ3v) is 8.99. The summed E-state index contributed by atoms with van der Waals surface area (Å²) in [5, 5.41) is 6.14. The van der Waals surface area contributed by atoms with Crippen molar-refractivity contribution in [2.75, 3.05) is 6.61 Å². The van der Waals surface area contributed by atoms with Crippen LogP contribution < -0.4 is 15.9 Å². The molecule has 0 aliphatic carbocycles. The summed E-state index contributed by atoms with van der Waals surface area (Å²) in [7, 11) is -0.768. The zero-order chi connectivity index (χ0) is 24.9. The van der Waals surface area contributed by atoms with Gasteiger partial charge in [0.25, 0.3) is 0 Å². The van der Waals surface area contributed by atoms with Gasteiger partial charge in [0.2, 0.25) is 0 Å². The average Bonchev–Trinajstić information content (AvgIpc) is 2.94. The normalized spacial score (nSPS) is 12.0. The molecule has 178 valence electrons. The number of esters is 1. The Hall–Kier alpha value is -3.74. The van der Waals surface area contributed by atoms with E-state index in [1.165, 1.54) is 21.5 Å². The molecule has 5 aromatic rings. The maximum absolute atomic E-state index is 12.8. The van der Waals surface area contributed by atoms with Gasteiger partial charge in [0.15, 0.2) is 0 Å². The molecule has 0 bridgehead atoms. The van der Waals surface area contributed by atoms with Crippen molar-refractivity contribution in [1.29, 1.82) is 0 Å². The lowest BCUT2D eigenvalue weighted by Gasteiger charge is -2.23. The van der Waals surface area contributed by atoms with Crippen molar-refractivity contribution in [2.45, 2.75) is 19.8 Å². The monoisotopic (exact) mass is 488 g/mol. The first-order valence-electron chi connectivity index (χ1n) is 12.4. The van der Waals surface area contributed by atoms with E-state index in [0.29, 0.717) is 6.61 Å². The molecule has 0 aliphatic heterocycles. The topological polar surface area (TPSA) is 26.3 Å². The molecule has 0 amide bonds. The number of fused-ring (bicyclic) bond motifs is 1. The van der Waals surface area contributed by atoms with Crippen molar-refractivity contribution in [1.82, 2.24) is 0 Å². The van der Waals surface area contributed by atoms with Crippen LogP contribution in [0, 0.1) is 0 Å². The molecule has 0 N–H and O–H groups in total. The second kappa shape index (κ2) is 10.9. The number of rotatable bonds is 7. The summed E-state index contributed by atoms with van der Waals surface area (Å²) < 4.78 is 5.39. The summed E-state index contributed by atoms with van der Waals surface area (Å²) >= 11 is 0. The number of ether oxygens (including phenoxy) is 1. The zero-order valence-electron chi connectivity index (χ0n) is 20.6. The van der Waals surface area contributed by atoms with Crippen molar-refractivity contribution in [2.24, 2.45) is 0 Å². The minimum absolute atomic E-state index is 0.191. The summed E-state index contributed by atoms with van der Waals surface area (Å²) in [6, 6.07) is 42.9. The van der Waals surface area contributed by atoms with E-state index in [1.54, 1.807) is 0 Å². The highest BCUT2D eigenvalue weighted by Crippen LogP contribution is 2.39. The second-order valence-corrected chi connectivity index (χ2v) is 11.0. The van der Waals surface area contributed by atoms with E-state index < -0.39 is 7.92 Å². The summed E-state index contributed by atoms with van der Waals surface area (Å²) in [6.45, 7) is 4.17. The van der Waals surface area contributed by atoms with Gasteiger partial charge in [-0.3, -0.25) is 4.79 Å². The van der Waals surface area contributed by atoms with E-state index in [2.05, 4.69) is 115 Å². The maximum Gasteiger partial charge on any atom is 0.313 e. The van der Waals surface area contributed by atoms with Gasteiger partial charge in [-0.15, -0.1) is 0 Å². The van der Waals surface area contributed by atoms with Crippen LogP contribution in [0.4, 0.5) is 0 Å². The molecule has 0 saturated heterocycles. The Kier molecular flexibility index (Phi) is 7.26. The molecule has 2 nitrogen and oxygen atoms in total. The Morgan fingerprint density at radius 3 is 2.00 bits per heavy atom. The molecule has 5 aromatic carbocycles. The highest BCUT2D eigenvalue weighted by Gasteiger charge is 2.23. The number of carbonyl (C=O) groups is 1. The molecule has 0 radical (unpaired) electrons. The van der Waals surface area contributed by atoms with Gasteiger partial charge in [-0.05, 0) is 77.3 Å². The first-order valence-corrected chi connectivity index (χ1v) is 13.7. The molecule has 0 spiro atoms.